The van der Waals surface area contributed by atoms with Gasteiger partial charge in [-0.05, 0) is 24.6 Å². The van der Waals surface area contributed by atoms with Crippen LogP contribution in [0.2, 0.25) is 5.02 Å². The molecular weight excluding hydrogens is 222 g/mol. The van der Waals surface area contributed by atoms with Crippen LogP contribution in [0.4, 0.5) is 0 Å². The van der Waals surface area contributed by atoms with E-state index in [-0.39, 0.29) is 0 Å². The van der Waals surface area contributed by atoms with Crippen molar-refractivity contribution in [1.29, 1.82) is 0 Å². The van der Waals surface area contributed by atoms with E-state index in [4.69, 9.17) is 16.3 Å². The Morgan fingerprint density at radius 2 is 2.31 bits per heavy atom. The first-order valence-corrected chi connectivity index (χ1v) is 6.07. The molecule has 2 nitrogen and oxygen atoms in total. The van der Waals surface area contributed by atoms with Crippen molar-refractivity contribution in [2.75, 3.05) is 13.2 Å². The molecule has 0 bridgehead atoms. The Hall–Kier alpha value is -1.02. The number of rotatable bonds is 2. The third-order valence-electron chi connectivity index (χ3n) is 2.68. The van der Waals surface area contributed by atoms with E-state index >= 15 is 0 Å². The predicted molar refractivity (Wildman–Crippen MR) is 67.8 cm³/mol. The predicted octanol–water partition coefficient (Wildman–Crippen LogP) is 3.57. The molecule has 1 unspecified atom stereocenters. The van der Waals surface area contributed by atoms with E-state index in [0.717, 1.165) is 30.0 Å². The monoisotopic (exact) mass is 237 g/mol. The number of hydrogen-bond acceptors (Lipinski definition) is 2. The molecule has 0 N–H and O–H groups in total. The third kappa shape index (κ3) is 2.22. The van der Waals surface area contributed by atoms with E-state index in [9.17, 15) is 0 Å². The highest BCUT2D eigenvalue weighted by molar-refractivity contribution is 6.31. The van der Waals surface area contributed by atoms with Crippen molar-refractivity contribution in [2.45, 2.75) is 20.3 Å². The second kappa shape index (κ2) is 4.88. The van der Waals surface area contributed by atoms with Crippen molar-refractivity contribution in [2.24, 2.45) is 10.9 Å². The lowest BCUT2D eigenvalue weighted by molar-refractivity contribution is 0.282. The van der Waals surface area contributed by atoms with E-state index in [2.05, 4.69) is 18.8 Å². The van der Waals surface area contributed by atoms with Crippen LogP contribution in [0.25, 0.3) is 0 Å². The van der Waals surface area contributed by atoms with E-state index in [1.807, 2.05) is 18.2 Å². The lowest BCUT2D eigenvalue weighted by Gasteiger charge is -2.24. The molecule has 0 aliphatic carbocycles. The summed E-state index contributed by atoms with van der Waals surface area (Å²) in [6, 6.07) is 5.76. The Morgan fingerprint density at radius 3 is 3.06 bits per heavy atom. The van der Waals surface area contributed by atoms with Crippen molar-refractivity contribution in [3.8, 4) is 5.75 Å². The molecule has 0 fully saturated rings. The zero-order valence-corrected chi connectivity index (χ0v) is 10.4. The quantitative estimate of drug-likeness (QED) is 0.771. The molecule has 1 atom stereocenters. The molecule has 2 rings (SSSR count). The third-order valence-corrected chi connectivity index (χ3v) is 2.92. The van der Waals surface area contributed by atoms with Crippen LogP contribution in [-0.4, -0.2) is 18.9 Å². The van der Waals surface area contributed by atoms with Gasteiger partial charge in [-0.2, -0.15) is 0 Å². The molecule has 0 saturated carbocycles. The number of benzene rings is 1. The van der Waals surface area contributed by atoms with Gasteiger partial charge in [-0.1, -0.05) is 25.4 Å². The standard InChI is InChI=1S/C13H16ClNO/c1-3-6-15-13-9(2)8-16-12-7-10(14)4-5-11(12)13/h4-5,7,9H,3,6,8H2,1-2H3. The molecule has 0 saturated heterocycles. The zero-order chi connectivity index (χ0) is 11.5. The summed E-state index contributed by atoms with van der Waals surface area (Å²) in [5.41, 5.74) is 2.25. The first-order valence-electron chi connectivity index (χ1n) is 5.69. The molecule has 1 aliphatic heterocycles. The van der Waals surface area contributed by atoms with Gasteiger partial charge in [0.25, 0.3) is 0 Å². The Kier molecular flexibility index (Phi) is 3.49. The van der Waals surface area contributed by atoms with Crippen LogP contribution >= 0.6 is 11.6 Å². The van der Waals surface area contributed by atoms with Crippen molar-refractivity contribution in [3.63, 3.8) is 0 Å². The molecule has 0 amide bonds. The van der Waals surface area contributed by atoms with Crippen molar-refractivity contribution in [3.05, 3.63) is 28.8 Å². The number of hydrogen-bond donors (Lipinski definition) is 0. The molecule has 86 valence electrons. The van der Waals surface area contributed by atoms with Gasteiger partial charge in [-0.15, -0.1) is 0 Å². The zero-order valence-electron chi connectivity index (χ0n) is 9.66. The van der Waals surface area contributed by atoms with Gasteiger partial charge in [0, 0.05) is 23.0 Å². The largest absolute Gasteiger partial charge is 0.492 e. The van der Waals surface area contributed by atoms with Crippen LogP contribution < -0.4 is 4.74 Å². The SMILES string of the molecule is CCCN=C1c2ccc(Cl)cc2OCC1C. The van der Waals surface area contributed by atoms with E-state index in [0.29, 0.717) is 17.5 Å². The number of nitrogens with zero attached hydrogens (tertiary/aromatic N) is 1. The van der Waals surface area contributed by atoms with Crippen LogP contribution in [0.3, 0.4) is 0 Å². The van der Waals surface area contributed by atoms with E-state index in [1.54, 1.807) is 0 Å². The Morgan fingerprint density at radius 1 is 1.50 bits per heavy atom. The highest BCUT2D eigenvalue weighted by atomic mass is 35.5. The van der Waals surface area contributed by atoms with Gasteiger partial charge in [0.1, 0.15) is 5.75 Å². The first kappa shape index (κ1) is 11.5. The van der Waals surface area contributed by atoms with Gasteiger partial charge in [0.05, 0.1) is 12.3 Å². The van der Waals surface area contributed by atoms with Crippen LogP contribution in [0.15, 0.2) is 23.2 Å². The van der Waals surface area contributed by atoms with Crippen molar-refractivity contribution in [1.82, 2.24) is 0 Å². The molecule has 1 heterocycles. The number of fused-ring (bicyclic) bond motifs is 1. The fraction of sp³-hybridized carbons (Fsp3) is 0.462. The highest BCUT2D eigenvalue weighted by Crippen LogP contribution is 2.30. The molecule has 16 heavy (non-hydrogen) atoms. The summed E-state index contributed by atoms with van der Waals surface area (Å²) in [6.07, 6.45) is 1.07. The number of ether oxygens (including phenoxy) is 1. The molecule has 1 aliphatic rings. The Labute approximate surface area is 101 Å². The normalized spacial score (nSPS) is 21.7. The summed E-state index contributed by atoms with van der Waals surface area (Å²) in [5.74, 6) is 1.22. The smallest absolute Gasteiger partial charge is 0.129 e. The summed E-state index contributed by atoms with van der Waals surface area (Å²) < 4.78 is 5.66. The summed E-state index contributed by atoms with van der Waals surface area (Å²) in [5, 5.41) is 0.711. The minimum atomic E-state index is 0.361. The Bertz CT molecular complexity index is 414. The summed E-state index contributed by atoms with van der Waals surface area (Å²) >= 11 is 5.95. The average molecular weight is 238 g/mol. The van der Waals surface area contributed by atoms with E-state index in [1.165, 1.54) is 0 Å². The van der Waals surface area contributed by atoms with Crippen molar-refractivity contribution >= 4 is 17.3 Å². The molecule has 0 radical (unpaired) electrons. The number of halogens is 1. The van der Waals surface area contributed by atoms with Gasteiger partial charge in [0.2, 0.25) is 0 Å². The summed E-state index contributed by atoms with van der Waals surface area (Å²) in [6.45, 7) is 5.85. The van der Waals surface area contributed by atoms with E-state index < -0.39 is 0 Å². The van der Waals surface area contributed by atoms with Crippen LogP contribution in [0.5, 0.6) is 5.75 Å². The van der Waals surface area contributed by atoms with Gasteiger partial charge >= 0.3 is 0 Å². The number of aliphatic imine (C=N–C) groups is 1. The highest BCUT2D eigenvalue weighted by Gasteiger charge is 2.23. The fourth-order valence-electron chi connectivity index (χ4n) is 1.86. The first-order chi connectivity index (χ1) is 7.72. The molecule has 1 aromatic carbocycles. The lowest BCUT2D eigenvalue weighted by atomic mass is 9.95. The maximum absolute atomic E-state index is 5.95. The minimum Gasteiger partial charge on any atom is -0.492 e. The average Bonchev–Trinajstić information content (AvgIpc) is 2.28. The fourth-order valence-corrected chi connectivity index (χ4v) is 2.02. The second-order valence-electron chi connectivity index (χ2n) is 4.12. The van der Waals surface area contributed by atoms with Gasteiger partial charge < -0.3 is 4.74 Å². The molecular formula is C13H16ClNO. The molecule has 0 aromatic heterocycles. The van der Waals surface area contributed by atoms with Crippen molar-refractivity contribution < 1.29 is 4.74 Å². The maximum atomic E-state index is 5.95. The summed E-state index contributed by atoms with van der Waals surface area (Å²) in [4.78, 5) is 4.65. The topological polar surface area (TPSA) is 21.6 Å². The summed E-state index contributed by atoms with van der Waals surface area (Å²) in [7, 11) is 0. The molecule has 1 aromatic rings. The lowest BCUT2D eigenvalue weighted by Crippen LogP contribution is -2.26. The molecule has 3 heteroatoms. The minimum absolute atomic E-state index is 0.361. The molecule has 0 spiro atoms. The van der Waals surface area contributed by atoms with Crippen LogP contribution in [0, 0.1) is 5.92 Å². The van der Waals surface area contributed by atoms with Crippen LogP contribution in [0.1, 0.15) is 25.8 Å². The van der Waals surface area contributed by atoms with Gasteiger partial charge in [-0.3, -0.25) is 4.99 Å². The van der Waals surface area contributed by atoms with Crippen LogP contribution in [-0.2, 0) is 0 Å². The second-order valence-corrected chi connectivity index (χ2v) is 4.56. The Balaban J connectivity index is 2.40. The maximum Gasteiger partial charge on any atom is 0.129 e. The van der Waals surface area contributed by atoms with Gasteiger partial charge in [0.15, 0.2) is 0 Å². The van der Waals surface area contributed by atoms with Gasteiger partial charge in [-0.25, -0.2) is 0 Å².